The highest BCUT2D eigenvalue weighted by molar-refractivity contribution is 5.87. The molecule has 2 aliphatic rings. The standard InChI is InChI=1S/C23H39N3O4/c1-8-14-12-15(14)21(29)30-19(24)17-10-9-11-26(17)20(28)16(22(2,3)4)13-18(27)25-23(5,6)7/h8,14-17,19H,1,9-13,24H2,2-7H3,(H,25,27)/t14-,15?,16-,17?,19?/m1/s1. The maximum absolute atomic E-state index is 13.5. The number of rotatable bonds is 7. The van der Waals surface area contributed by atoms with E-state index < -0.39 is 17.6 Å². The topological polar surface area (TPSA) is 102 Å². The van der Waals surface area contributed by atoms with E-state index in [9.17, 15) is 14.4 Å². The Balaban J connectivity index is 2.07. The lowest BCUT2D eigenvalue weighted by molar-refractivity contribution is -0.158. The predicted octanol–water partition coefficient (Wildman–Crippen LogP) is 2.59. The minimum Gasteiger partial charge on any atom is -0.444 e. The Bertz CT molecular complexity index is 677. The smallest absolute Gasteiger partial charge is 0.311 e. The van der Waals surface area contributed by atoms with Gasteiger partial charge in [-0.25, -0.2) is 0 Å². The van der Waals surface area contributed by atoms with Crippen LogP contribution < -0.4 is 11.1 Å². The molecule has 2 rings (SSSR count). The first-order chi connectivity index (χ1) is 13.7. The van der Waals surface area contributed by atoms with E-state index in [1.165, 1.54) is 0 Å². The van der Waals surface area contributed by atoms with E-state index in [0.717, 1.165) is 12.8 Å². The van der Waals surface area contributed by atoms with Crippen LogP contribution in [0.2, 0.25) is 0 Å². The minimum atomic E-state index is -0.862. The number of nitrogens with one attached hydrogen (secondary N) is 1. The fraction of sp³-hybridized carbons (Fsp3) is 0.783. The number of nitrogens with zero attached hydrogens (tertiary/aromatic N) is 1. The molecule has 5 atom stereocenters. The van der Waals surface area contributed by atoms with Gasteiger partial charge in [0.2, 0.25) is 11.8 Å². The summed E-state index contributed by atoms with van der Waals surface area (Å²) in [6, 6.07) is -0.363. The molecule has 2 amide bonds. The van der Waals surface area contributed by atoms with Crippen LogP contribution in [-0.2, 0) is 19.1 Å². The summed E-state index contributed by atoms with van der Waals surface area (Å²) in [7, 11) is 0. The van der Waals surface area contributed by atoms with Crippen LogP contribution in [0.5, 0.6) is 0 Å². The Labute approximate surface area is 180 Å². The number of likely N-dealkylation sites (tertiary alicyclic amines) is 1. The number of allylic oxidation sites excluding steroid dienone is 1. The van der Waals surface area contributed by atoms with E-state index in [0.29, 0.717) is 13.0 Å². The van der Waals surface area contributed by atoms with E-state index in [4.69, 9.17) is 10.5 Å². The molecule has 7 nitrogen and oxygen atoms in total. The molecule has 0 radical (unpaired) electrons. The molecule has 170 valence electrons. The monoisotopic (exact) mass is 421 g/mol. The first-order valence-electron chi connectivity index (χ1n) is 10.9. The number of amides is 2. The third-order valence-electron chi connectivity index (χ3n) is 5.91. The summed E-state index contributed by atoms with van der Waals surface area (Å²) in [5, 5.41) is 2.94. The number of hydrogen-bond donors (Lipinski definition) is 2. The van der Waals surface area contributed by atoms with Gasteiger partial charge in [0, 0.05) is 18.5 Å². The number of ether oxygens (including phenoxy) is 1. The van der Waals surface area contributed by atoms with Crippen molar-refractivity contribution in [3.05, 3.63) is 12.7 Å². The second kappa shape index (κ2) is 9.08. The van der Waals surface area contributed by atoms with Gasteiger partial charge in [-0.15, -0.1) is 6.58 Å². The molecule has 0 aromatic rings. The van der Waals surface area contributed by atoms with Gasteiger partial charge in [0.25, 0.3) is 0 Å². The van der Waals surface area contributed by atoms with Crippen molar-refractivity contribution in [2.75, 3.05) is 6.54 Å². The van der Waals surface area contributed by atoms with E-state index >= 15 is 0 Å². The fourth-order valence-electron chi connectivity index (χ4n) is 4.07. The molecule has 3 unspecified atom stereocenters. The quantitative estimate of drug-likeness (QED) is 0.374. The normalized spacial score (nSPS) is 26.0. The lowest BCUT2D eigenvalue weighted by atomic mass is 9.77. The first kappa shape index (κ1) is 24.4. The highest BCUT2D eigenvalue weighted by atomic mass is 16.6. The molecule has 30 heavy (non-hydrogen) atoms. The van der Waals surface area contributed by atoms with Gasteiger partial charge in [0.1, 0.15) is 0 Å². The van der Waals surface area contributed by atoms with E-state index in [1.54, 1.807) is 11.0 Å². The van der Waals surface area contributed by atoms with Gasteiger partial charge >= 0.3 is 5.97 Å². The Morgan fingerprint density at radius 2 is 1.87 bits per heavy atom. The largest absolute Gasteiger partial charge is 0.444 e. The van der Waals surface area contributed by atoms with Crippen molar-refractivity contribution in [2.24, 2.45) is 28.9 Å². The van der Waals surface area contributed by atoms with E-state index in [1.807, 2.05) is 41.5 Å². The van der Waals surface area contributed by atoms with Crippen LogP contribution in [0.4, 0.5) is 0 Å². The molecule has 0 aromatic heterocycles. The maximum atomic E-state index is 13.5. The summed E-state index contributed by atoms with van der Waals surface area (Å²) < 4.78 is 5.50. The van der Waals surface area contributed by atoms with Crippen molar-refractivity contribution in [3.63, 3.8) is 0 Å². The number of esters is 1. The van der Waals surface area contributed by atoms with E-state index in [-0.39, 0.29) is 47.6 Å². The van der Waals surface area contributed by atoms with Crippen LogP contribution in [0.1, 0.15) is 67.2 Å². The summed E-state index contributed by atoms with van der Waals surface area (Å²) in [6.07, 6.45) is 3.24. The molecule has 0 bridgehead atoms. The fourth-order valence-corrected chi connectivity index (χ4v) is 4.07. The molecule has 3 N–H and O–H groups in total. The average molecular weight is 422 g/mol. The Hall–Kier alpha value is -1.89. The van der Waals surface area contributed by atoms with Crippen LogP contribution in [0.15, 0.2) is 12.7 Å². The highest BCUT2D eigenvalue weighted by Gasteiger charge is 2.45. The molecule has 1 saturated heterocycles. The molecule has 1 heterocycles. The number of nitrogens with two attached hydrogens (primary N) is 1. The molecule has 1 saturated carbocycles. The second-order valence-corrected chi connectivity index (χ2v) is 10.8. The zero-order valence-electron chi connectivity index (χ0n) is 19.4. The molecule has 2 fully saturated rings. The molecule has 0 spiro atoms. The van der Waals surface area contributed by atoms with Gasteiger partial charge in [-0.3, -0.25) is 20.1 Å². The number of carbonyl (C=O) groups is 3. The van der Waals surface area contributed by atoms with Gasteiger partial charge < -0.3 is 15.0 Å². The molecule has 1 aliphatic carbocycles. The summed E-state index contributed by atoms with van der Waals surface area (Å²) in [5.41, 5.74) is 5.46. The molecular weight excluding hydrogens is 382 g/mol. The molecule has 7 heteroatoms. The maximum Gasteiger partial charge on any atom is 0.311 e. The molecule has 1 aliphatic heterocycles. The van der Waals surface area contributed by atoms with Crippen LogP contribution in [-0.4, -0.2) is 47.0 Å². The SMILES string of the molecule is C=C[C@@H]1CC1C(=O)OC(N)C1CCCN1C(=O)[C@@H](CC(=O)NC(C)(C)C)C(C)(C)C. The van der Waals surface area contributed by atoms with Gasteiger partial charge in [-0.2, -0.15) is 0 Å². The molecule has 0 aromatic carbocycles. The van der Waals surface area contributed by atoms with Crippen molar-refractivity contribution in [3.8, 4) is 0 Å². The Morgan fingerprint density at radius 3 is 2.37 bits per heavy atom. The summed E-state index contributed by atoms with van der Waals surface area (Å²) in [5.74, 6) is -1.05. The predicted molar refractivity (Wildman–Crippen MR) is 116 cm³/mol. The van der Waals surface area contributed by atoms with Crippen molar-refractivity contribution < 1.29 is 19.1 Å². The van der Waals surface area contributed by atoms with Crippen molar-refractivity contribution in [1.82, 2.24) is 10.2 Å². The van der Waals surface area contributed by atoms with Crippen LogP contribution >= 0.6 is 0 Å². The van der Waals surface area contributed by atoms with Crippen molar-refractivity contribution >= 4 is 17.8 Å². The van der Waals surface area contributed by atoms with Gasteiger partial charge in [0.15, 0.2) is 6.23 Å². The Morgan fingerprint density at radius 1 is 1.23 bits per heavy atom. The zero-order valence-corrected chi connectivity index (χ0v) is 19.4. The van der Waals surface area contributed by atoms with Gasteiger partial charge in [-0.1, -0.05) is 26.8 Å². The number of hydrogen-bond acceptors (Lipinski definition) is 5. The van der Waals surface area contributed by atoms with Crippen molar-refractivity contribution in [1.29, 1.82) is 0 Å². The van der Waals surface area contributed by atoms with E-state index in [2.05, 4.69) is 11.9 Å². The summed E-state index contributed by atoms with van der Waals surface area (Å²) in [6.45, 7) is 15.9. The highest BCUT2D eigenvalue weighted by Crippen LogP contribution is 2.40. The third-order valence-corrected chi connectivity index (χ3v) is 5.91. The lowest BCUT2D eigenvalue weighted by Gasteiger charge is -2.37. The summed E-state index contributed by atoms with van der Waals surface area (Å²) >= 11 is 0. The third kappa shape index (κ3) is 6.30. The van der Waals surface area contributed by atoms with Gasteiger partial charge in [-0.05, 0) is 51.4 Å². The average Bonchev–Trinajstić information content (AvgIpc) is 3.23. The lowest BCUT2D eigenvalue weighted by Crippen LogP contribution is -2.53. The summed E-state index contributed by atoms with van der Waals surface area (Å²) in [4.78, 5) is 40.0. The Kier molecular flexibility index (Phi) is 7.38. The number of carbonyl (C=O) groups excluding carboxylic acids is 3. The molecular formula is C23H39N3O4. The van der Waals surface area contributed by atoms with Crippen LogP contribution in [0, 0.1) is 23.2 Å². The van der Waals surface area contributed by atoms with Crippen molar-refractivity contribution in [2.45, 2.75) is 85.0 Å². The second-order valence-electron chi connectivity index (χ2n) is 10.8. The first-order valence-corrected chi connectivity index (χ1v) is 10.9. The van der Waals surface area contributed by atoms with Crippen LogP contribution in [0.3, 0.4) is 0 Å². The van der Waals surface area contributed by atoms with Gasteiger partial charge in [0.05, 0.1) is 17.9 Å². The van der Waals surface area contributed by atoms with Crippen LogP contribution in [0.25, 0.3) is 0 Å². The minimum absolute atomic E-state index is 0.101. The zero-order chi connectivity index (χ0) is 22.9.